The van der Waals surface area contributed by atoms with Crippen LogP contribution < -0.4 is 10.1 Å². The third-order valence-corrected chi connectivity index (χ3v) is 4.44. The minimum Gasteiger partial charge on any atom is -0.490 e. The average Bonchev–Trinajstić information content (AvgIpc) is 3.40. The molecule has 1 N–H and O–H groups in total. The molecule has 7 heteroatoms. The summed E-state index contributed by atoms with van der Waals surface area (Å²) in [4.78, 5) is 8.56. The number of halogens is 2. The Morgan fingerprint density at radius 2 is 2.16 bits per heavy atom. The number of nitrogens with one attached hydrogen (secondary N) is 1. The maximum absolute atomic E-state index is 14.1. The first kappa shape index (κ1) is 16.2. The molecule has 0 amide bonds. The van der Waals surface area contributed by atoms with Gasteiger partial charge in [-0.15, -0.1) is 0 Å². The van der Waals surface area contributed by atoms with E-state index in [-0.39, 0.29) is 11.9 Å². The Bertz CT molecular complexity index is 947. The van der Waals surface area contributed by atoms with Crippen molar-refractivity contribution in [2.75, 3.05) is 18.5 Å². The fourth-order valence-corrected chi connectivity index (χ4v) is 2.85. The van der Waals surface area contributed by atoms with Crippen LogP contribution in [0.1, 0.15) is 5.56 Å². The molecule has 0 radical (unpaired) electrons. The van der Waals surface area contributed by atoms with E-state index < -0.39 is 0 Å². The zero-order chi connectivity index (χ0) is 17.4. The molecule has 128 valence electrons. The zero-order valence-corrected chi connectivity index (χ0v) is 15.0. The van der Waals surface area contributed by atoms with Crippen molar-refractivity contribution in [2.24, 2.45) is 0 Å². The number of benzene rings is 2. The second-order valence-electron chi connectivity index (χ2n) is 5.87. The summed E-state index contributed by atoms with van der Waals surface area (Å²) in [7, 11) is 0. The van der Waals surface area contributed by atoms with Gasteiger partial charge < -0.3 is 14.8 Å². The number of ether oxygens (including phenoxy) is 2. The molecule has 1 aliphatic heterocycles. The van der Waals surface area contributed by atoms with Crippen molar-refractivity contribution in [3.05, 3.63) is 52.5 Å². The van der Waals surface area contributed by atoms with Crippen molar-refractivity contribution in [3.63, 3.8) is 0 Å². The number of hydrogen-bond acceptors (Lipinski definition) is 5. The van der Waals surface area contributed by atoms with Crippen LogP contribution in [0.25, 0.3) is 10.9 Å². The first-order chi connectivity index (χ1) is 12.1. The number of rotatable bonds is 5. The predicted molar refractivity (Wildman–Crippen MR) is 96.9 cm³/mol. The van der Waals surface area contributed by atoms with Crippen LogP contribution in [0.3, 0.4) is 0 Å². The molecule has 25 heavy (non-hydrogen) atoms. The summed E-state index contributed by atoms with van der Waals surface area (Å²) in [5, 5.41) is 3.84. The highest BCUT2D eigenvalue weighted by atomic mass is 79.9. The van der Waals surface area contributed by atoms with E-state index in [1.54, 1.807) is 12.1 Å². The highest BCUT2D eigenvalue weighted by molar-refractivity contribution is 9.10. The van der Waals surface area contributed by atoms with Crippen molar-refractivity contribution in [1.82, 2.24) is 9.97 Å². The highest BCUT2D eigenvalue weighted by Crippen LogP contribution is 2.31. The first-order valence-corrected chi connectivity index (χ1v) is 8.61. The van der Waals surface area contributed by atoms with Crippen LogP contribution in [-0.4, -0.2) is 29.3 Å². The average molecular weight is 404 g/mol. The van der Waals surface area contributed by atoms with Gasteiger partial charge in [-0.3, -0.25) is 0 Å². The number of nitrogens with zero attached hydrogens (tertiary/aromatic N) is 2. The summed E-state index contributed by atoms with van der Waals surface area (Å²) >= 11 is 3.25. The van der Waals surface area contributed by atoms with Crippen LogP contribution in [-0.2, 0) is 4.74 Å². The zero-order valence-electron chi connectivity index (χ0n) is 13.4. The fraction of sp³-hybridized carbons (Fsp3) is 0.222. The van der Waals surface area contributed by atoms with E-state index in [0.29, 0.717) is 22.6 Å². The van der Waals surface area contributed by atoms with E-state index >= 15 is 0 Å². The summed E-state index contributed by atoms with van der Waals surface area (Å²) < 4.78 is 25.7. The van der Waals surface area contributed by atoms with Crippen LogP contribution in [0.4, 0.5) is 15.9 Å². The van der Waals surface area contributed by atoms with E-state index in [2.05, 4.69) is 31.2 Å². The van der Waals surface area contributed by atoms with Crippen LogP contribution in [0.2, 0.25) is 0 Å². The maximum Gasteiger partial charge on any atom is 0.147 e. The van der Waals surface area contributed by atoms with Crippen LogP contribution in [0.15, 0.2) is 41.1 Å². The number of aromatic nitrogens is 2. The number of fused-ring (bicyclic) bond motifs is 1. The standard InChI is InChI=1S/C18H15BrFN3O2/c1-10-4-13-16(6-17(10)25-8-12-7-24-12)21-9-22-18(13)23-15-3-2-11(19)5-14(15)20/h2-6,9,12H,7-8H2,1H3,(H,21,22,23). The van der Waals surface area contributed by atoms with E-state index in [0.717, 1.165) is 28.8 Å². The molecule has 5 nitrogen and oxygen atoms in total. The SMILES string of the molecule is Cc1cc2c(Nc3ccc(Br)cc3F)ncnc2cc1OCC1CO1. The van der Waals surface area contributed by atoms with Crippen LogP contribution in [0.5, 0.6) is 5.75 Å². The Hall–Kier alpha value is -2.25. The molecule has 2 aromatic carbocycles. The number of hydrogen-bond donors (Lipinski definition) is 1. The fourth-order valence-electron chi connectivity index (χ4n) is 2.51. The van der Waals surface area contributed by atoms with Gasteiger partial charge in [0.15, 0.2) is 0 Å². The molecule has 0 aliphatic carbocycles. The smallest absolute Gasteiger partial charge is 0.147 e. The Labute approximate surface area is 152 Å². The van der Waals surface area contributed by atoms with Gasteiger partial charge in [0.05, 0.1) is 17.8 Å². The molecule has 1 aromatic heterocycles. The second-order valence-corrected chi connectivity index (χ2v) is 6.79. The largest absolute Gasteiger partial charge is 0.490 e. The normalized spacial score (nSPS) is 16.0. The lowest BCUT2D eigenvalue weighted by molar-refractivity contribution is 0.262. The number of aryl methyl sites for hydroxylation is 1. The van der Waals surface area contributed by atoms with Crippen molar-refractivity contribution < 1.29 is 13.9 Å². The molecule has 0 saturated carbocycles. The molecule has 2 heterocycles. The Morgan fingerprint density at radius 3 is 2.92 bits per heavy atom. The van der Waals surface area contributed by atoms with Gasteiger partial charge >= 0.3 is 0 Å². The van der Waals surface area contributed by atoms with Crippen molar-refractivity contribution in [1.29, 1.82) is 0 Å². The summed E-state index contributed by atoms with van der Waals surface area (Å²) in [5.41, 5.74) is 2.04. The molecule has 1 atom stereocenters. The molecular formula is C18H15BrFN3O2. The Morgan fingerprint density at radius 1 is 1.32 bits per heavy atom. The minimum absolute atomic E-state index is 0.193. The van der Waals surface area contributed by atoms with Gasteiger partial charge in [0.25, 0.3) is 0 Å². The van der Waals surface area contributed by atoms with Gasteiger partial charge in [0.2, 0.25) is 0 Å². The molecule has 4 rings (SSSR count). The molecule has 0 bridgehead atoms. The van der Waals surface area contributed by atoms with Gasteiger partial charge in [-0.05, 0) is 36.8 Å². The maximum atomic E-state index is 14.1. The summed E-state index contributed by atoms with van der Waals surface area (Å²) in [5.74, 6) is 0.955. The summed E-state index contributed by atoms with van der Waals surface area (Å²) in [6.07, 6.45) is 1.64. The lowest BCUT2D eigenvalue weighted by atomic mass is 10.1. The second kappa shape index (κ2) is 6.57. The predicted octanol–water partition coefficient (Wildman–Crippen LogP) is 4.36. The monoisotopic (exact) mass is 403 g/mol. The molecule has 0 spiro atoms. The third-order valence-electron chi connectivity index (χ3n) is 3.94. The lowest BCUT2D eigenvalue weighted by Gasteiger charge is -2.12. The molecule has 1 aliphatic rings. The lowest BCUT2D eigenvalue weighted by Crippen LogP contribution is -2.05. The minimum atomic E-state index is -0.359. The third kappa shape index (κ3) is 3.57. The topological polar surface area (TPSA) is 59.6 Å². The molecule has 1 fully saturated rings. The highest BCUT2D eigenvalue weighted by Gasteiger charge is 2.23. The number of epoxide rings is 1. The van der Waals surface area contributed by atoms with E-state index in [9.17, 15) is 4.39 Å². The quantitative estimate of drug-likeness (QED) is 0.641. The Kier molecular flexibility index (Phi) is 4.27. The molecule has 3 aromatic rings. The van der Waals surface area contributed by atoms with E-state index in [1.807, 2.05) is 19.1 Å². The van der Waals surface area contributed by atoms with Crippen LogP contribution in [0, 0.1) is 12.7 Å². The van der Waals surface area contributed by atoms with Gasteiger partial charge in [-0.1, -0.05) is 15.9 Å². The molecule has 1 saturated heterocycles. The van der Waals surface area contributed by atoms with Gasteiger partial charge in [0.1, 0.15) is 36.4 Å². The van der Waals surface area contributed by atoms with Gasteiger partial charge in [0, 0.05) is 15.9 Å². The summed E-state index contributed by atoms with van der Waals surface area (Å²) in [6, 6.07) is 8.65. The van der Waals surface area contributed by atoms with E-state index in [4.69, 9.17) is 9.47 Å². The molecular weight excluding hydrogens is 389 g/mol. The summed E-state index contributed by atoms with van der Waals surface area (Å²) in [6.45, 7) is 3.24. The van der Waals surface area contributed by atoms with Gasteiger partial charge in [-0.25, -0.2) is 14.4 Å². The molecule has 1 unspecified atom stereocenters. The number of anilines is 2. The van der Waals surface area contributed by atoms with Crippen molar-refractivity contribution in [2.45, 2.75) is 13.0 Å². The van der Waals surface area contributed by atoms with Crippen molar-refractivity contribution >= 4 is 38.3 Å². The van der Waals surface area contributed by atoms with Crippen molar-refractivity contribution in [3.8, 4) is 5.75 Å². The van der Waals surface area contributed by atoms with E-state index in [1.165, 1.54) is 12.4 Å². The first-order valence-electron chi connectivity index (χ1n) is 7.82. The Balaban J connectivity index is 1.67. The van der Waals surface area contributed by atoms with Crippen LogP contribution >= 0.6 is 15.9 Å². The van der Waals surface area contributed by atoms with Gasteiger partial charge in [-0.2, -0.15) is 0 Å².